The first kappa shape index (κ1) is 16.4. The summed E-state index contributed by atoms with van der Waals surface area (Å²) >= 11 is 0. The summed E-state index contributed by atoms with van der Waals surface area (Å²) in [6.45, 7) is 1.64. The Hall–Kier alpha value is -2.96. The van der Waals surface area contributed by atoms with Crippen LogP contribution in [0.1, 0.15) is 12.6 Å². The van der Waals surface area contributed by atoms with Gasteiger partial charge in [0.15, 0.2) is 0 Å². The van der Waals surface area contributed by atoms with Crippen LogP contribution in [0.4, 0.5) is 20.6 Å². The summed E-state index contributed by atoms with van der Waals surface area (Å²) in [6, 6.07) is 8.89. The van der Waals surface area contributed by atoms with Crippen molar-refractivity contribution >= 4 is 23.3 Å². The molecule has 0 spiro atoms. The summed E-state index contributed by atoms with van der Waals surface area (Å²) in [6.07, 6.45) is 1.64. The average Bonchev–Trinajstić information content (AvgIpc) is 2.51. The van der Waals surface area contributed by atoms with E-state index in [2.05, 4.69) is 15.6 Å². The van der Waals surface area contributed by atoms with Gasteiger partial charge in [-0.1, -0.05) is 6.07 Å². The zero-order valence-corrected chi connectivity index (χ0v) is 12.8. The second-order valence-corrected chi connectivity index (χ2v) is 4.98. The highest BCUT2D eigenvalue weighted by molar-refractivity contribution is 5.92. The maximum atomic E-state index is 13.8. The summed E-state index contributed by atoms with van der Waals surface area (Å²) in [7, 11) is 1.58. The lowest BCUT2D eigenvalue weighted by atomic mass is 10.2. The van der Waals surface area contributed by atoms with Gasteiger partial charge in [-0.05, 0) is 30.3 Å². The molecule has 0 bridgehead atoms. The van der Waals surface area contributed by atoms with Gasteiger partial charge in [0.05, 0.1) is 17.9 Å². The monoisotopic (exact) mass is 316 g/mol. The van der Waals surface area contributed by atoms with Crippen molar-refractivity contribution in [3.8, 4) is 0 Å². The predicted molar refractivity (Wildman–Crippen MR) is 85.4 cm³/mol. The van der Waals surface area contributed by atoms with Gasteiger partial charge in [-0.3, -0.25) is 9.78 Å². The van der Waals surface area contributed by atoms with E-state index in [1.807, 2.05) is 6.07 Å². The number of anilines is 2. The van der Waals surface area contributed by atoms with Crippen LogP contribution in [-0.4, -0.2) is 28.9 Å². The molecule has 0 saturated heterocycles. The molecule has 0 unspecified atom stereocenters. The number of hydrogen-bond acceptors (Lipinski definition) is 3. The molecule has 1 heterocycles. The lowest BCUT2D eigenvalue weighted by Gasteiger charge is -2.18. The van der Waals surface area contributed by atoms with Crippen molar-refractivity contribution in [2.45, 2.75) is 13.5 Å². The van der Waals surface area contributed by atoms with Crippen LogP contribution >= 0.6 is 0 Å². The number of rotatable bonds is 4. The third-order valence-electron chi connectivity index (χ3n) is 3.00. The molecule has 0 aliphatic heterocycles. The van der Waals surface area contributed by atoms with Crippen molar-refractivity contribution in [3.63, 3.8) is 0 Å². The number of carbonyl (C=O) groups excluding carboxylic acids is 2. The molecule has 0 saturated carbocycles. The van der Waals surface area contributed by atoms with Crippen molar-refractivity contribution in [2.24, 2.45) is 0 Å². The van der Waals surface area contributed by atoms with Gasteiger partial charge in [-0.15, -0.1) is 0 Å². The van der Waals surface area contributed by atoms with Crippen LogP contribution in [0, 0.1) is 5.82 Å². The maximum absolute atomic E-state index is 13.8. The SMILES string of the molecule is CC(=O)Nc1ccc(F)c(NC(=O)N(C)Cc2ccccn2)c1. The van der Waals surface area contributed by atoms with E-state index in [0.717, 1.165) is 5.69 Å². The molecule has 23 heavy (non-hydrogen) atoms. The highest BCUT2D eigenvalue weighted by Crippen LogP contribution is 2.20. The van der Waals surface area contributed by atoms with Gasteiger partial charge in [0.1, 0.15) is 5.82 Å². The molecule has 2 N–H and O–H groups in total. The molecule has 2 aromatic rings. The normalized spacial score (nSPS) is 10.0. The first-order valence-corrected chi connectivity index (χ1v) is 6.95. The van der Waals surface area contributed by atoms with Gasteiger partial charge in [0, 0.05) is 25.9 Å². The summed E-state index contributed by atoms with van der Waals surface area (Å²) in [4.78, 5) is 28.7. The number of urea groups is 1. The number of aromatic nitrogens is 1. The number of pyridine rings is 1. The minimum Gasteiger partial charge on any atom is -0.326 e. The molecule has 2 rings (SSSR count). The molecular weight excluding hydrogens is 299 g/mol. The van der Waals surface area contributed by atoms with Crippen LogP contribution in [0.15, 0.2) is 42.6 Å². The molecule has 7 heteroatoms. The lowest BCUT2D eigenvalue weighted by molar-refractivity contribution is -0.114. The van der Waals surface area contributed by atoms with Crippen LogP contribution in [0.5, 0.6) is 0 Å². The number of carbonyl (C=O) groups is 2. The standard InChI is InChI=1S/C16H17FN4O2/c1-11(22)19-12-6-7-14(17)15(9-12)20-16(23)21(2)10-13-5-3-4-8-18-13/h3-9H,10H2,1-2H3,(H,19,22)(H,20,23). The summed E-state index contributed by atoms with van der Waals surface area (Å²) in [5.74, 6) is -0.861. The van der Waals surface area contributed by atoms with Crippen LogP contribution in [0.25, 0.3) is 0 Å². The van der Waals surface area contributed by atoms with Gasteiger partial charge in [0.2, 0.25) is 5.91 Å². The number of nitrogens with one attached hydrogen (secondary N) is 2. The van der Waals surface area contributed by atoms with E-state index in [4.69, 9.17) is 0 Å². The number of benzene rings is 1. The first-order valence-electron chi connectivity index (χ1n) is 6.95. The fourth-order valence-electron chi connectivity index (χ4n) is 1.92. The third kappa shape index (κ3) is 4.77. The molecule has 120 valence electrons. The van der Waals surface area contributed by atoms with E-state index < -0.39 is 11.8 Å². The smallest absolute Gasteiger partial charge is 0.322 e. The fraction of sp³-hybridized carbons (Fsp3) is 0.188. The molecule has 1 aromatic heterocycles. The Morgan fingerprint density at radius 3 is 2.65 bits per heavy atom. The Labute approximate surface area is 133 Å². The van der Waals surface area contributed by atoms with Crippen molar-refractivity contribution in [3.05, 3.63) is 54.1 Å². The zero-order chi connectivity index (χ0) is 16.8. The van der Waals surface area contributed by atoms with Crippen LogP contribution in [0.3, 0.4) is 0 Å². The Kier molecular flexibility index (Phi) is 5.24. The topological polar surface area (TPSA) is 74.3 Å². The quantitative estimate of drug-likeness (QED) is 0.911. The molecule has 0 atom stereocenters. The molecule has 0 aliphatic rings. The molecule has 0 fully saturated rings. The highest BCUT2D eigenvalue weighted by atomic mass is 19.1. The molecule has 1 aromatic carbocycles. The van der Waals surface area contributed by atoms with E-state index in [1.165, 1.54) is 30.0 Å². The first-order chi connectivity index (χ1) is 11.0. The Bertz CT molecular complexity index is 706. The average molecular weight is 316 g/mol. The second kappa shape index (κ2) is 7.35. The fourth-order valence-corrected chi connectivity index (χ4v) is 1.92. The molecule has 0 aliphatic carbocycles. The minimum absolute atomic E-state index is 0.00544. The Morgan fingerprint density at radius 1 is 1.22 bits per heavy atom. The maximum Gasteiger partial charge on any atom is 0.322 e. The highest BCUT2D eigenvalue weighted by Gasteiger charge is 2.13. The number of halogens is 1. The third-order valence-corrected chi connectivity index (χ3v) is 3.00. The number of amides is 3. The van der Waals surface area contributed by atoms with Crippen LogP contribution < -0.4 is 10.6 Å². The van der Waals surface area contributed by atoms with E-state index >= 15 is 0 Å². The lowest BCUT2D eigenvalue weighted by Crippen LogP contribution is -2.31. The van der Waals surface area contributed by atoms with Gasteiger partial charge in [-0.25, -0.2) is 9.18 Å². The van der Waals surface area contributed by atoms with E-state index in [1.54, 1.807) is 25.4 Å². The minimum atomic E-state index is -0.585. The molecule has 0 radical (unpaired) electrons. The van der Waals surface area contributed by atoms with Gasteiger partial charge in [0.25, 0.3) is 0 Å². The van der Waals surface area contributed by atoms with E-state index in [9.17, 15) is 14.0 Å². The van der Waals surface area contributed by atoms with E-state index in [0.29, 0.717) is 12.2 Å². The Morgan fingerprint density at radius 2 is 2.00 bits per heavy atom. The van der Waals surface area contributed by atoms with Gasteiger partial charge >= 0.3 is 6.03 Å². The van der Waals surface area contributed by atoms with Crippen molar-refractivity contribution in [2.75, 3.05) is 17.7 Å². The summed E-state index contributed by atoms with van der Waals surface area (Å²) < 4.78 is 13.8. The van der Waals surface area contributed by atoms with Crippen molar-refractivity contribution in [1.29, 1.82) is 0 Å². The van der Waals surface area contributed by atoms with Crippen molar-refractivity contribution in [1.82, 2.24) is 9.88 Å². The van der Waals surface area contributed by atoms with Crippen molar-refractivity contribution < 1.29 is 14.0 Å². The summed E-state index contributed by atoms with van der Waals surface area (Å²) in [5.41, 5.74) is 1.12. The second-order valence-electron chi connectivity index (χ2n) is 4.98. The number of hydrogen-bond donors (Lipinski definition) is 2. The zero-order valence-electron chi connectivity index (χ0n) is 12.8. The van der Waals surface area contributed by atoms with Gasteiger partial charge in [-0.2, -0.15) is 0 Å². The Balaban J connectivity index is 2.05. The summed E-state index contributed by atoms with van der Waals surface area (Å²) in [5, 5.41) is 5.01. The van der Waals surface area contributed by atoms with Crippen LogP contribution in [-0.2, 0) is 11.3 Å². The largest absolute Gasteiger partial charge is 0.326 e. The molecular formula is C16H17FN4O2. The van der Waals surface area contributed by atoms with Crippen LogP contribution in [0.2, 0.25) is 0 Å². The number of nitrogens with zero attached hydrogens (tertiary/aromatic N) is 2. The van der Waals surface area contributed by atoms with E-state index in [-0.39, 0.29) is 11.6 Å². The predicted octanol–water partition coefficient (Wildman–Crippen LogP) is 2.84. The molecule has 6 nitrogen and oxygen atoms in total. The van der Waals surface area contributed by atoms with Gasteiger partial charge < -0.3 is 15.5 Å². The molecule has 3 amide bonds.